The number of amides is 2. The van der Waals surface area contributed by atoms with Crippen molar-refractivity contribution >= 4 is 29.1 Å². The summed E-state index contributed by atoms with van der Waals surface area (Å²) in [5.74, 6) is -0.516. The van der Waals surface area contributed by atoms with Crippen LogP contribution in [0.1, 0.15) is 10.9 Å². The third-order valence-electron chi connectivity index (χ3n) is 2.81. The number of hydrogen-bond acceptors (Lipinski definition) is 3. The molecule has 0 fully saturated rings. The highest BCUT2D eigenvalue weighted by atomic mass is 35.5. The number of carbonyl (C=O) groups excluding carboxylic acids is 2. The summed E-state index contributed by atoms with van der Waals surface area (Å²) in [7, 11) is 1.55. The first kappa shape index (κ1) is 15.1. The fraction of sp³-hybridized carbons (Fsp3) is 0.214. The Hall–Kier alpha value is -2.34. The second-order valence-corrected chi connectivity index (χ2v) is 4.80. The fourth-order valence-electron chi connectivity index (χ4n) is 1.72. The summed E-state index contributed by atoms with van der Waals surface area (Å²) in [5.41, 5.74) is 1.21. The van der Waals surface area contributed by atoms with E-state index in [4.69, 9.17) is 11.6 Å². The molecule has 6 nitrogen and oxygen atoms in total. The lowest BCUT2D eigenvalue weighted by Gasteiger charge is -2.09. The number of nitrogens with zero attached hydrogens (tertiary/aromatic N) is 2. The summed E-state index contributed by atoms with van der Waals surface area (Å²) in [6, 6.07) is 9.06. The molecular formula is C14H15ClN4O2. The lowest BCUT2D eigenvalue weighted by molar-refractivity contribution is -0.121. The van der Waals surface area contributed by atoms with Crippen LogP contribution in [-0.2, 0) is 16.1 Å². The van der Waals surface area contributed by atoms with Gasteiger partial charge in [0.1, 0.15) is 11.9 Å². The molecule has 1 aromatic heterocycles. The van der Waals surface area contributed by atoms with Crippen LogP contribution in [0.4, 0.5) is 5.69 Å². The molecule has 2 amide bonds. The van der Waals surface area contributed by atoms with Gasteiger partial charge in [-0.15, -0.1) is 11.6 Å². The average molecular weight is 307 g/mol. The second kappa shape index (κ2) is 6.90. The molecule has 1 aromatic carbocycles. The topological polar surface area (TPSA) is 76.0 Å². The fourth-order valence-corrected chi connectivity index (χ4v) is 1.92. The first-order valence-electron chi connectivity index (χ1n) is 6.33. The number of benzene rings is 1. The summed E-state index contributed by atoms with van der Waals surface area (Å²) < 4.78 is 1.43. The number of halogens is 1. The van der Waals surface area contributed by atoms with Gasteiger partial charge in [0.2, 0.25) is 11.8 Å². The Morgan fingerprint density at radius 2 is 2.05 bits per heavy atom. The van der Waals surface area contributed by atoms with Crippen molar-refractivity contribution in [2.24, 2.45) is 0 Å². The molecule has 0 aliphatic carbocycles. The summed E-state index contributed by atoms with van der Waals surface area (Å²) in [5, 5.41) is 8.36. The SMILES string of the molecule is CNC(=O)Cn1cc(NC(=O)C(Cl)c2ccccc2)cn1. The van der Waals surface area contributed by atoms with E-state index in [-0.39, 0.29) is 18.4 Å². The molecule has 2 N–H and O–H groups in total. The summed E-state index contributed by atoms with van der Waals surface area (Å²) >= 11 is 6.12. The number of likely N-dealkylation sites (N-methyl/N-ethyl adjacent to an activating group) is 1. The number of anilines is 1. The predicted octanol–water partition coefficient (Wildman–Crippen LogP) is 1.55. The summed E-state index contributed by atoms with van der Waals surface area (Å²) in [4.78, 5) is 23.3. The predicted molar refractivity (Wildman–Crippen MR) is 80.0 cm³/mol. The van der Waals surface area contributed by atoms with Gasteiger partial charge in [-0.05, 0) is 5.56 Å². The zero-order valence-corrected chi connectivity index (χ0v) is 12.2. The van der Waals surface area contributed by atoms with Crippen LogP contribution < -0.4 is 10.6 Å². The summed E-state index contributed by atoms with van der Waals surface area (Å²) in [6.07, 6.45) is 3.04. The molecule has 0 spiro atoms. The Balaban J connectivity index is 1.98. The maximum absolute atomic E-state index is 12.0. The van der Waals surface area contributed by atoms with E-state index in [0.717, 1.165) is 5.56 Å². The van der Waals surface area contributed by atoms with Crippen LogP contribution >= 0.6 is 11.6 Å². The molecular weight excluding hydrogens is 292 g/mol. The van der Waals surface area contributed by atoms with Crippen LogP contribution in [0.3, 0.4) is 0 Å². The van der Waals surface area contributed by atoms with E-state index in [1.807, 2.05) is 18.2 Å². The largest absolute Gasteiger partial charge is 0.358 e. The molecule has 2 rings (SSSR count). The Labute approximate surface area is 127 Å². The molecule has 0 radical (unpaired) electrons. The Morgan fingerprint density at radius 3 is 2.71 bits per heavy atom. The molecule has 1 unspecified atom stereocenters. The van der Waals surface area contributed by atoms with Crippen LogP contribution in [0.25, 0.3) is 0 Å². The van der Waals surface area contributed by atoms with Crippen LogP contribution in [0.2, 0.25) is 0 Å². The minimum atomic E-state index is -0.784. The van der Waals surface area contributed by atoms with Crippen LogP contribution in [0.5, 0.6) is 0 Å². The highest BCUT2D eigenvalue weighted by Gasteiger charge is 2.18. The van der Waals surface area contributed by atoms with E-state index in [9.17, 15) is 9.59 Å². The van der Waals surface area contributed by atoms with Crippen molar-refractivity contribution in [1.29, 1.82) is 0 Å². The van der Waals surface area contributed by atoms with E-state index < -0.39 is 5.38 Å². The number of alkyl halides is 1. The van der Waals surface area contributed by atoms with E-state index in [2.05, 4.69) is 15.7 Å². The maximum Gasteiger partial charge on any atom is 0.247 e. The average Bonchev–Trinajstić information content (AvgIpc) is 2.94. The molecule has 1 atom stereocenters. The van der Waals surface area contributed by atoms with Crippen molar-refractivity contribution in [3.8, 4) is 0 Å². The van der Waals surface area contributed by atoms with Crippen molar-refractivity contribution in [1.82, 2.24) is 15.1 Å². The van der Waals surface area contributed by atoms with Crippen LogP contribution in [0.15, 0.2) is 42.7 Å². The standard InChI is InChI=1S/C14H15ClN4O2/c1-16-12(20)9-19-8-11(7-17-19)18-14(21)13(15)10-5-3-2-4-6-10/h2-8,13H,9H2,1H3,(H,16,20)(H,18,21). The third-order valence-corrected chi connectivity index (χ3v) is 3.26. The van der Waals surface area contributed by atoms with Gasteiger partial charge in [0, 0.05) is 13.2 Å². The number of nitrogens with one attached hydrogen (secondary N) is 2. The molecule has 0 aliphatic heterocycles. The van der Waals surface area contributed by atoms with Crippen LogP contribution in [0, 0.1) is 0 Å². The van der Waals surface area contributed by atoms with Gasteiger partial charge >= 0.3 is 0 Å². The van der Waals surface area contributed by atoms with E-state index in [1.165, 1.54) is 10.9 Å². The summed E-state index contributed by atoms with van der Waals surface area (Å²) in [6.45, 7) is 0.0926. The minimum absolute atomic E-state index is 0.0926. The zero-order valence-electron chi connectivity index (χ0n) is 11.4. The van der Waals surface area contributed by atoms with Crippen molar-refractivity contribution in [3.05, 3.63) is 48.3 Å². The lowest BCUT2D eigenvalue weighted by Crippen LogP contribution is -2.23. The van der Waals surface area contributed by atoms with Crippen molar-refractivity contribution in [3.63, 3.8) is 0 Å². The molecule has 0 saturated carbocycles. The monoisotopic (exact) mass is 306 g/mol. The highest BCUT2D eigenvalue weighted by molar-refractivity contribution is 6.32. The van der Waals surface area contributed by atoms with E-state index >= 15 is 0 Å². The zero-order chi connectivity index (χ0) is 15.2. The number of rotatable bonds is 5. The van der Waals surface area contributed by atoms with Gasteiger partial charge < -0.3 is 10.6 Å². The Bertz CT molecular complexity index is 627. The highest BCUT2D eigenvalue weighted by Crippen LogP contribution is 2.21. The Morgan fingerprint density at radius 1 is 1.33 bits per heavy atom. The van der Waals surface area contributed by atoms with Gasteiger partial charge in [0.15, 0.2) is 0 Å². The van der Waals surface area contributed by atoms with E-state index in [0.29, 0.717) is 5.69 Å². The molecule has 110 valence electrons. The molecule has 1 heterocycles. The van der Waals surface area contributed by atoms with Gasteiger partial charge in [-0.1, -0.05) is 30.3 Å². The van der Waals surface area contributed by atoms with E-state index in [1.54, 1.807) is 25.4 Å². The molecule has 0 saturated heterocycles. The first-order chi connectivity index (χ1) is 10.1. The normalized spacial score (nSPS) is 11.7. The third kappa shape index (κ3) is 4.06. The number of aromatic nitrogens is 2. The van der Waals surface area contributed by atoms with Gasteiger partial charge in [-0.25, -0.2) is 0 Å². The van der Waals surface area contributed by atoms with Gasteiger partial charge in [0.25, 0.3) is 0 Å². The molecule has 21 heavy (non-hydrogen) atoms. The molecule has 0 aliphatic rings. The quantitative estimate of drug-likeness (QED) is 0.823. The maximum atomic E-state index is 12.0. The number of hydrogen-bond donors (Lipinski definition) is 2. The second-order valence-electron chi connectivity index (χ2n) is 4.36. The first-order valence-corrected chi connectivity index (χ1v) is 6.76. The number of carbonyl (C=O) groups is 2. The van der Waals surface area contributed by atoms with Gasteiger partial charge in [-0.2, -0.15) is 5.10 Å². The molecule has 2 aromatic rings. The smallest absolute Gasteiger partial charge is 0.247 e. The molecule has 7 heteroatoms. The van der Waals surface area contributed by atoms with Crippen molar-refractivity contribution < 1.29 is 9.59 Å². The Kier molecular flexibility index (Phi) is 4.94. The molecule has 0 bridgehead atoms. The van der Waals surface area contributed by atoms with Crippen molar-refractivity contribution in [2.75, 3.05) is 12.4 Å². The van der Waals surface area contributed by atoms with Gasteiger partial charge in [0.05, 0.1) is 11.9 Å². The van der Waals surface area contributed by atoms with Gasteiger partial charge in [-0.3, -0.25) is 14.3 Å². The van der Waals surface area contributed by atoms with Crippen molar-refractivity contribution in [2.45, 2.75) is 11.9 Å². The lowest BCUT2D eigenvalue weighted by atomic mass is 10.1. The van der Waals surface area contributed by atoms with Crippen LogP contribution in [-0.4, -0.2) is 28.6 Å². The minimum Gasteiger partial charge on any atom is -0.358 e.